The van der Waals surface area contributed by atoms with Crippen LogP contribution in [0.4, 0.5) is 0 Å². The second-order valence-corrected chi connectivity index (χ2v) is 17.4. The number of carbonyl (C=O) groups excluding carboxylic acids is 2. The molecular formula is C61H100O5. The van der Waals surface area contributed by atoms with E-state index in [1.165, 1.54) is 116 Å². The van der Waals surface area contributed by atoms with E-state index in [1.54, 1.807) is 0 Å². The molecule has 374 valence electrons. The van der Waals surface area contributed by atoms with Gasteiger partial charge in [-0.15, -0.1) is 0 Å². The Morgan fingerprint density at radius 1 is 0.333 bits per heavy atom. The lowest BCUT2D eigenvalue weighted by atomic mass is 10.0. The monoisotopic (exact) mass is 913 g/mol. The Labute approximate surface area is 407 Å². The van der Waals surface area contributed by atoms with Gasteiger partial charge in [0.2, 0.25) is 0 Å². The van der Waals surface area contributed by atoms with E-state index >= 15 is 0 Å². The van der Waals surface area contributed by atoms with Crippen LogP contribution in [-0.2, 0) is 23.8 Å². The van der Waals surface area contributed by atoms with Gasteiger partial charge in [-0.2, -0.15) is 0 Å². The van der Waals surface area contributed by atoms with E-state index in [0.29, 0.717) is 6.61 Å². The average Bonchev–Trinajstić information content (AvgIpc) is 3.32. The van der Waals surface area contributed by atoms with E-state index in [-0.39, 0.29) is 38.0 Å². The predicted molar refractivity (Wildman–Crippen MR) is 288 cm³/mol. The lowest BCUT2D eigenvalue weighted by molar-refractivity contribution is -0.161. The van der Waals surface area contributed by atoms with Crippen molar-refractivity contribution in [3.8, 4) is 0 Å². The molecule has 1 unspecified atom stereocenters. The molecule has 1 atom stereocenters. The van der Waals surface area contributed by atoms with Crippen LogP contribution in [0, 0.1) is 0 Å². The number of rotatable bonds is 48. The maximum Gasteiger partial charge on any atom is 0.310 e. The predicted octanol–water partition coefficient (Wildman–Crippen LogP) is 18.6. The molecule has 0 aromatic carbocycles. The summed E-state index contributed by atoms with van der Waals surface area (Å²) < 4.78 is 17.2. The zero-order valence-electron chi connectivity index (χ0n) is 42.9. The molecule has 0 fully saturated rings. The summed E-state index contributed by atoms with van der Waals surface area (Å²) in [7, 11) is 0. The first-order chi connectivity index (χ1) is 32.6. The Morgan fingerprint density at radius 2 is 0.621 bits per heavy atom. The van der Waals surface area contributed by atoms with Crippen LogP contribution in [0.25, 0.3) is 0 Å². The standard InChI is InChI=1S/C61H100O5/c1-4-7-10-13-16-19-22-25-28-29-30-31-32-35-38-41-44-47-50-53-56-64-57-59(66-61(63)55-52-49-46-43-40-37-34-27-24-21-18-15-12-9-6-3)58-65-60(62)54-51-48-45-42-39-36-33-26-23-20-17-14-11-8-5-2/h8-9,11-12,17-18,20-21,26-27,33-34,39-40,42-43,48-49,51-52,59H,4-7,10,13-16,19,22-25,28-32,35-38,41,44-47,50,53-58H2,1-3H3/b11-8-,12-9-,20-17-,21-18-,33-26-,34-27-,42-39-,43-40-,51-48-,52-49-. The van der Waals surface area contributed by atoms with Gasteiger partial charge in [0.15, 0.2) is 6.10 Å². The van der Waals surface area contributed by atoms with E-state index in [4.69, 9.17) is 14.2 Å². The van der Waals surface area contributed by atoms with E-state index in [2.05, 4.69) is 118 Å². The Balaban J connectivity index is 4.45. The minimum Gasteiger partial charge on any atom is -0.461 e. The Kier molecular flexibility index (Phi) is 52.5. The second kappa shape index (κ2) is 55.6. The number of hydrogen-bond acceptors (Lipinski definition) is 5. The maximum atomic E-state index is 12.8. The molecule has 5 heteroatoms. The maximum absolute atomic E-state index is 12.8. The molecule has 0 amide bonds. The van der Waals surface area contributed by atoms with Gasteiger partial charge in [0.25, 0.3) is 0 Å². The molecule has 0 spiro atoms. The topological polar surface area (TPSA) is 61.8 Å². The van der Waals surface area contributed by atoms with Gasteiger partial charge >= 0.3 is 11.9 Å². The molecule has 0 rings (SSSR count). The highest BCUT2D eigenvalue weighted by atomic mass is 16.6. The minimum absolute atomic E-state index is 0.0137. The van der Waals surface area contributed by atoms with E-state index < -0.39 is 6.10 Å². The summed E-state index contributed by atoms with van der Waals surface area (Å²) in [5, 5.41) is 0. The van der Waals surface area contributed by atoms with Crippen molar-refractivity contribution in [3.63, 3.8) is 0 Å². The Morgan fingerprint density at radius 3 is 0.955 bits per heavy atom. The van der Waals surface area contributed by atoms with E-state index in [1.807, 2.05) is 24.3 Å². The van der Waals surface area contributed by atoms with Gasteiger partial charge in [0, 0.05) is 6.61 Å². The molecule has 0 aliphatic rings. The van der Waals surface area contributed by atoms with Crippen molar-refractivity contribution in [2.45, 2.75) is 232 Å². The molecule has 0 aliphatic heterocycles. The van der Waals surface area contributed by atoms with Gasteiger partial charge in [-0.25, -0.2) is 0 Å². The van der Waals surface area contributed by atoms with Gasteiger partial charge in [-0.05, 0) is 70.6 Å². The fourth-order valence-corrected chi connectivity index (χ4v) is 7.13. The quantitative estimate of drug-likeness (QED) is 0.0346. The van der Waals surface area contributed by atoms with Crippen molar-refractivity contribution in [3.05, 3.63) is 122 Å². The lowest BCUT2D eigenvalue weighted by Gasteiger charge is -2.18. The van der Waals surface area contributed by atoms with Crippen LogP contribution in [0.2, 0.25) is 0 Å². The van der Waals surface area contributed by atoms with E-state index in [0.717, 1.165) is 77.0 Å². The molecule has 5 nitrogen and oxygen atoms in total. The molecule has 66 heavy (non-hydrogen) atoms. The number of allylic oxidation sites excluding steroid dienone is 18. The number of esters is 2. The molecule has 0 aromatic rings. The number of unbranched alkanes of at least 4 members (excludes halogenated alkanes) is 19. The molecule has 0 saturated carbocycles. The Hall–Kier alpha value is -3.70. The van der Waals surface area contributed by atoms with Crippen molar-refractivity contribution in [1.82, 2.24) is 0 Å². The van der Waals surface area contributed by atoms with Crippen LogP contribution in [-0.4, -0.2) is 37.9 Å². The van der Waals surface area contributed by atoms with Gasteiger partial charge in [0.05, 0.1) is 19.4 Å². The molecule has 0 N–H and O–H groups in total. The SMILES string of the molecule is CC/C=C\C/C=C\C/C=C\C/C=C\C/C=C\CC(=O)OCC(COCCCCCCCCCCCCCCCCCCCCCC)OC(=O)C/C=C\C/C=C\C/C=C\C/C=C\C/C=C\CC. The molecule has 0 radical (unpaired) electrons. The van der Waals surface area contributed by atoms with Crippen molar-refractivity contribution in [1.29, 1.82) is 0 Å². The van der Waals surface area contributed by atoms with Crippen LogP contribution in [0.5, 0.6) is 0 Å². The van der Waals surface area contributed by atoms with Crippen molar-refractivity contribution >= 4 is 11.9 Å². The smallest absolute Gasteiger partial charge is 0.310 e. The highest BCUT2D eigenvalue weighted by Gasteiger charge is 2.17. The summed E-state index contributed by atoms with van der Waals surface area (Å²) in [6.07, 6.45) is 78.5. The minimum atomic E-state index is -0.636. The summed E-state index contributed by atoms with van der Waals surface area (Å²) in [6, 6.07) is 0. The Bertz CT molecular complexity index is 1350. The summed E-state index contributed by atoms with van der Waals surface area (Å²) in [5.74, 6) is -0.693. The van der Waals surface area contributed by atoms with Crippen LogP contribution < -0.4 is 0 Å². The van der Waals surface area contributed by atoms with Gasteiger partial charge in [0.1, 0.15) is 6.61 Å². The zero-order valence-corrected chi connectivity index (χ0v) is 42.9. The molecule has 0 heterocycles. The van der Waals surface area contributed by atoms with Gasteiger partial charge in [-0.1, -0.05) is 264 Å². The highest BCUT2D eigenvalue weighted by Crippen LogP contribution is 2.15. The molecular weight excluding hydrogens is 813 g/mol. The van der Waals surface area contributed by atoms with Crippen LogP contribution in [0.15, 0.2) is 122 Å². The van der Waals surface area contributed by atoms with Gasteiger partial charge < -0.3 is 14.2 Å². The fourth-order valence-electron chi connectivity index (χ4n) is 7.13. The molecule has 0 bridgehead atoms. The van der Waals surface area contributed by atoms with Crippen molar-refractivity contribution in [2.75, 3.05) is 19.8 Å². The summed E-state index contributed by atoms with van der Waals surface area (Å²) >= 11 is 0. The molecule has 0 saturated heterocycles. The zero-order chi connectivity index (χ0) is 47.7. The van der Waals surface area contributed by atoms with Crippen molar-refractivity contribution < 1.29 is 23.8 Å². The highest BCUT2D eigenvalue weighted by molar-refractivity contribution is 5.72. The first-order valence-corrected chi connectivity index (χ1v) is 27.1. The summed E-state index contributed by atoms with van der Waals surface area (Å²) in [5.41, 5.74) is 0. The molecule has 0 aromatic heterocycles. The average molecular weight is 913 g/mol. The fraction of sp³-hybridized carbons (Fsp3) is 0.639. The van der Waals surface area contributed by atoms with Gasteiger partial charge in [-0.3, -0.25) is 9.59 Å². The van der Waals surface area contributed by atoms with E-state index in [9.17, 15) is 9.59 Å². The molecule has 0 aliphatic carbocycles. The lowest BCUT2D eigenvalue weighted by Crippen LogP contribution is -2.29. The summed E-state index contributed by atoms with van der Waals surface area (Å²) in [4.78, 5) is 25.3. The first kappa shape index (κ1) is 62.3. The first-order valence-electron chi connectivity index (χ1n) is 27.1. The van der Waals surface area contributed by atoms with Crippen LogP contribution in [0.3, 0.4) is 0 Å². The second-order valence-electron chi connectivity index (χ2n) is 17.4. The largest absolute Gasteiger partial charge is 0.461 e. The van der Waals surface area contributed by atoms with Crippen LogP contribution in [0.1, 0.15) is 226 Å². The third kappa shape index (κ3) is 52.9. The van der Waals surface area contributed by atoms with Crippen LogP contribution >= 0.6 is 0 Å². The van der Waals surface area contributed by atoms with Crippen molar-refractivity contribution in [2.24, 2.45) is 0 Å². The third-order valence-corrected chi connectivity index (χ3v) is 11.1. The normalized spacial score (nSPS) is 13.2. The number of hydrogen-bond donors (Lipinski definition) is 0. The number of carbonyl (C=O) groups is 2. The number of ether oxygens (including phenoxy) is 3. The third-order valence-electron chi connectivity index (χ3n) is 11.1. The summed E-state index contributed by atoms with van der Waals surface area (Å²) in [6.45, 7) is 7.39.